The van der Waals surface area contributed by atoms with Crippen LogP contribution >= 0.6 is 0 Å². The lowest BCUT2D eigenvalue weighted by molar-refractivity contribution is -0.144. The maximum atomic E-state index is 12.5. The Balaban J connectivity index is 1.97. The summed E-state index contributed by atoms with van der Waals surface area (Å²) in [7, 11) is 1.73. The second-order valence-corrected chi connectivity index (χ2v) is 5.27. The highest BCUT2D eigenvalue weighted by atomic mass is 16.5. The molecule has 98 valence electrons. The van der Waals surface area contributed by atoms with Crippen molar-refractivity contribution in [2.75, 3.05) is 33.4 Å². The van der Waals surface area contributed by atoms with E-state index >= 15 is 0 Å². The van der Waals surface area contributed by atoms with Crippen molar-refractivity contribution in [2.45, 2.75) is 31.9 Å². The number of rotatable bonds is 2. The van der Waals surface area contributed by atoms with Crippen LogP contribution in [-0.2, 0) is 14.3 Å². The molecule has 2 fully saturated rings. The number of nitrogens with zero attached hydrogens (tertiary/aromatic N) is 1. The Morgan fingerprint density at radius 1 is 1.47 bits per heavy atom. The second-order valence-electron chi connectivity index (χ2n) is 5.27. The molecule has 0 radical (unpaired) electrons. The summed E-state index contributed by atoms with van der Waals surface area (Å²) in [5.74, 6) is 0.136. The van der Waals surface area contributed by atoms with Crippen molar-refractivity contribution in [2.24, 2.45) is 11.1 Å². The Morgan fingerprint density at radius 3 is 2.59 bits per heavy atom. The van der Waals surface area contributed by atoms with Gasteiger partial charge in [-0.25, -0.2) is 0 Å². The van der Waals surface area contributed by atoms with Gasteiger partial charge in [0.15, 0.2) is 0 Å². The van der Waals surface area contributed by atoms with Crippen molar-refractivity contribution in [3.63, 3.8) is 0 Å². The third kappa shape index (κ3) is 2.32. The Labute approximate surface area is 102 Å². The van der Waals surface area contributed by atoms with Crippen LogP contribution in [0.4, 0.5) is 0 Å². The number of carbonyl (C=O) groups is 1. The Hall–Kier alpha value is -0.650. The first kappa shape index (κ1) is 12.8. The summed E-state index contributed by atoms with van der Waals surface area (Å²) in [4.78, 5) is 14.4. The number of methoxy groups -OCH3 is 1. The average molecular weight is 242 g/mol. The van der Waals surface area contributed by atoms with E-state index in [-0.39, 0.29) is 11.9 Å². The smallest absolute Gasteiger partial charge is 0.232 e. The highest BCUT2D eigenvalue weighted by molar-refractivity contribution is 5.83. The maximum absolute atomic E-state index is 12.5. The molecule has 2 rings (SSSR count). The SMILES string of the molecule is COC1CCN(C(=O)C2(C)COCC2N)CC1. The largest absolute Gasteiger partial charge is 0.381 e. The van der Waals surface area contributed by atoms with E-state index in [0.29, 0.717) is 19.3 Å². The van der Waals surface area contributed by atoms with Crippen LogP contribution in [-0.4, -0.2) is 56.4 Å². The summed E-state index contributed by atoms with van der Waals surface area (Å²) in [6.07, 6.45) is 2.11. The fourth-order valence-electron chi connectivity index (χ4n) is 2.57. The molecule has 0 bridgehead atoms. The van der Waals surface area contributed by atoms with Crippen LogP contribution in [0.2, 0.25) is 0 Å². The minimum Gasteiger partial charge on any atom is -0.381 e. The number of hydrogen-bond acceptors (Lipinski definition) is 4. The van der Waals surface area contributed by atoms with E-state index < -0.39 is 5.41 Å². The molecular weight excluding hydrogens is 220 g/mol. The molecule has 0 aliphatic carbocycles. The fourth-order valence-corrected chi connectivity index (χ4v) is 2.57. The van der Waals surface area contributed by atoms with E-state index in [9.17, 15) is 4.79 Å². The number of amides is 1. The van der Waals surface area contributed by atoms with Crippen LogP contribution in [0.1, 0.15) is 19.8 Å². The number of ether oxygens (including phenoxy) is 2. The van der Waals surface area contributed by atoms with Crippen LogP contribution < -0.4 is 5.73 Å². The van der Waals surface area contributed by atoms with Gasteiger partial charge in [-0.2, -0.15) is 0 Å². The van der Waals surface area contributed by atoms with Crippen molar-refractivity contribution >= 4 is 5.91 Å². The lowest BCUT2D eigenvalue weighted by Gasteiger charge is -2.37. The molecule has 2 aliphatic rings. The molecule has 2 atom stereocenters. The van der Waals surface area contributed by atoms with Crippen molar-refractivity contribution in [1.29, 1.82) is 0 Å². The summed E-state index contributed by atoms with van der Waals surface area (Å²) >= 11 is 0. The third-order valence-corrected chi connectivity index (χ3v) is 4.07. The van der Waals surface area contributed by atoms with E-state index in [0.717, 1.165) is 25.9 Å². The maximum Gasteiger partial charge on any atom is 0.232 e. The highest BCUT2D eigenvalue weighted by Crippen LogP contribution is 2.30. The molecule has 5 nitrogen and oxygen atoms in total. The molecule has 0 aromatic heterocycles. The fraction of sp³-hybridized carbons (Fsp3) is 0.917. The number of piperidine rings is 1. The van der Waals surface area contributed by atoms with Gasteiger partial charge in [-0.3, -0.25) is 4.79 Å². The molecular formula is C12H22N2O3. The molecule has 0 aromatic rings. The highest BCUT2D eigenvalue weighted by Gasteiger charge is 2.46. The standard InChI is InChI=1S/C12H22N2O3/c1-12(8-17-7-10(12)13)11(15)14-5-3-9(16-2)4-6-14/h9-10H,3-8,13H2,1-2H3. The first-order chi connectivity index (χ1) is 8.08. The van der Waals surface area contributed by atoms with Crippen LogP contribution in [0.25, 0.3) is 0 Å². The zero-order valence-corrected chi connectivity index (χ0v) is 10.6. The first-order valence-corrected chi connectivity index (χ1v) is 6.23. The lowest BCUT2D eigenvalue weighted by Crippen LogP contribution is -2.53. The van der Waals surface area contributed by atoms with Crippen LogP contribution in [0, 0.1) is 5.41 Å². The van der Waals surface area contributed by atoms with E-state index in [1.165, 1.54) is 0 Å². The average Bonchev–Trinajstić information content (AvgIpc) is 2.70. The third-order valence-electron chi connectivity index (χ3n) is 4.07. The van der Waals surface area contributed by atoms with Crippen molar-refractivity contribution in [3.8, 4) is 0 Å². The van der Waals surface area contributed by atoms with Gasteiger partial charge in [-0.05, 0) is 19.8 Å². The summed E-state index contributed by atoms with van der Waals surface area (Å²) in [5, 5.41) is 0. The molecule has 2 saturated heterocycles. The van der Waals surface area contributed by atoms with Crippen LogP contribution in [0.3, 0.4) is 0 Å². The predicted octanol–water partition coefficient (Wildman–Crippen LogP) is -0.0124. The van der Waals surface area contributed by atoms with Gasteiger partial charge >= 0.3 is 0 Å². The van der Waals surface area contributed by atoms with Gasteiger partial charge < -0.3 is 20.1 Å². The summed E-state index contributed by atoms with van der Waals surface area (Å²) in [5.41, 5.74) is 5.44. The minimum atomic E-state index is -0.542. The van der Waals surface area contributed by atoms with E-state index in [1.807, 2.05) is 11.8 Å². The Bertz CT molecular complexity index is 289. The molecule has 0 spiro atoms. The molecule has 2 heterocycles. The zero-order valence-electron chi connectivity index (χ0n) is 10.6. The molecule has 1 amide bonds. The molecule has 17 heavy (non-hydrogen) atoms. The quantitative estimate of drug-likeness (QED) is 0.739. The van der Waals surface area contributed by atoms with Gasteiger partial charge in [0, 0.05) is 26.2 Å². The van der Waals surface area contributed by atoms with Gasteiger partial charge in [0.1, 0.15) is 0 Å². The Morgan fingerprint density at radius 2 is 2.12 bits per heavy atom. The normalized spacial score (nSPS) is 35.2. The minimum absolute atomic E-state index is 0.136. The molecule has 5 heteroatoms. The number of carbonyl (C=O) groups excluding carboxylic acids is 1. The van der Waals surface area contributed by atoms with E-state index in [1.54, 1.807) is 7.11 Å². The molecule has 2 unspecified atom stereocenters. The molecule has 2 aliphatic heterocycles. The van der Waals surface area contributed by atoms with Crippen molar-refractivity contribution in [3.05, 3.63) is 0 Å². The monoisotopic (exact) mass is 242 g/mol. The number of likely N-dealkylation sites (tertiary alicyclic amines) is 1. The first-order valence-electron chi connectivity index (χ1n) is 6.23. The van der Waals surface area contributed by atoms with Crippen LogP contribution in [0.5, 0.6) is 0 Å². The molecule has 0 aromatic carbocycles. The molecule has 2 N–H and O–H groups in total. The van der Waals surface area contributed by atoms with Gasteiger partial charge in [-0.15, -0.1) is 0 Å². The number of nitrogens with two attached hydrogens (primary N) is 1. The second kappa shape index (κ2) is 4.92. The van der Waals surface area contributed by atoms with Gasteiger partial charge in [0.2, 0.25) is 5.91 Å². The lowest BCUT2D eigenvalue weighted by atomic mass is 9.83. The topological polar surface area (TPSA) is 64.8 Å². The van der Waals surface area contributed by atoms with E-state index in [4.69, 9.17) is 15.2 Å². The Kier molecular flexibility index (Phi) is 3.70. The predicted molar refractivity (Wildman–Crippen MR) is 63.5 cm³/mol. The summed E-state index contributed by atoms with van der Waals surface area (Å²) < 4.78 is 10.6. The van der Waals surface area contributed by atoms with E-state index in [2.05, 4.69) is 0 Å². The number of hydrogen-bond donors (Lipinski definition) is 1. The summed E-state index contributed by atoms with van der Waals surface area (Å²) in [6.45, 7) is 4.36. The summed E-state index contributed by atoms with van der Waals surface area (Å²) in [6, 6.07) is -0.185. The zero-order chi connectivity index (χ0) is 12.5. The van der Waals surface area contributed by atoms with Gasteiger partial charge in [0.25, 0.3) is 0 Å². The van der Waals surface area contributed by atoms with Crippen LogP contribution in [0.15, 0.2) is 0 Å². The van der Waals surface area contributed by atoms with Crippen molar-refractivity contribution in [1.82, 2.24) is 4.90 Å². The van der Waals surface area contributed by atoms with Gasteiger partial charge in [-0.1, -0.05) is 0 Å². The van der Waals surface area contributed by atoms with Gasteiger partial charge in [0.05, 0.1) is 24.7 Å². The molecule has 0 saturated carbocycles. The van der Waals surface area contributed by atoms with Crippen molar-refractivity contribution < 1.29 is 14.3 Å².